The number of hydrogen-bond acceptors (Lipinski definition) is 6. The molecule has 10 heteroatoms. The van der Waals surface area contributed by atoms with Gasteiger partial charge in [0, 0.05) is 54.3 Å². The van der Waals surface area contributed by atoms with E-state index in [0.717, 1.165) is 40.9 Å². The zero-order valence-electron chi connectivity index (χ0n) is 21.2. The number of aromatic amines is 1. The van der Waals surface area contributed by atoms with E-state index in [2.05, 4.69) is 25.9 Å². The number of non-ortho nitro benzene ring substituents is 1. The van der Waals surface area contributed by atoms with Crippen LogP contribution in [0.3, 0.4) is 0 Å². The van der Waals surface area contributed by atoms with Crippen LogP contribution in [0.2, 0.25) is 0 Å². The van der Waals surface area contributed by atoms with E-state index in [1.807, 2.05) is 48.5 Å². The number of aromatic nitrogens is 2. The molecule has 0 radical (unpaired) electrons. The summed E-state index contributed by atoms with van der Waals surface area (Å²) in [5.41, 5.74) is 6.05. The number of hydrogen-bond donors (Lipinski definition) is 4. The van der Waals surface area contributed by atoms with Gasteiger partial charge in [-0.25, -0.2) is 4.98 Å². The topological polar surface area (TPSA) is 142 Å². The SMILES string of the molecule is CC(=O)NCCCc1ccc(/C(Nc2ccc(-c3c[nH]cn3)cc2)=C2/C(=O)Nc3ccc([N+](=O)[O-])cc32)cc1. The van der Waals surface area contributed by atoms with Crippen molar-refractivity contribution in [1.82, 2.24) is 15.3 Å². The Balaban J connectivity index is 1.51. The number of anilines is 2. The number of nitro benzene ring substituents is 1. The van der Waals surface area contributed by atoms with Gasteiger partial charge in [-0.05, 0) is 42.2 Å². The smallest absolute Gasteiger partial charge is 0.270 e. The Kier molecular flexibility index (Phi) is 7.17. The standard InChI is InChI=1S/C29H26N6O4/c1-18(36)31-14-2-3-19-4-6-21(7-5-19)28(33-22-10-8-20(9-11-22)26-16-30-17-32-26)27-24-15-23(35(38)39)12-13-25(24)34-29(27)37/h4-13,15-17,33H,2-3,14H2,1H3,(H,30,32)(H,31,36)(H,34,37)/b28-27-. The Labute approximate surface area is 224 Å². The summed E-state index contributed by atoms with van der Waals surface area (Å²) < 4.78 is 0. The van der Waals surface area contributed by atoms with E-state index in [4.69, 9.17) is 0 Å². The predicted molar refractivity (Wildman–Crippen MR) is 150 cm³/mol. The second-order valence-electron chi connectivity index (χ2n) is 9.13. The molecule has 4 aromatic rings. The molecule has 0 bridgehead atoms. The van der Waals surface area contributed by atoms with Gasteiger partial charge in [-0.15, -0.1) is 0 Å². The van der Waals surface area contributed by atoms with Gasteiger partial charge in [0.15, 0.2) is 0 Å². The van der Waals surface area contributed by atoms with Crippen LogP contribution in [0.5, 0.6) is 0 Å². The maximum absolute atomic E-state index is 13.2. The van der Waals surface area contributed by atoms with Crippen molar-refractivity contribution in [2.24, 2.45) is 0 Å². The normalized spacial score (nSPS) is 13.4. The molecule has 2 heterocycles. The Hall–Kier alpha value is -5.25. The number of H-pyrrole nitrogens is 1. The number of aryl methyl sites for hydroxylation is 1. The lowest BCUT2D eigenvalue weighted by Gasteiger charge is -2.16. The summed E-state index contributed by atoms with van der Waals surface area (Å²) in [5, 5.41) is 20.5. The van der Waals surface area contributed by atoms with Crippen LogP contribution in [0.4, 0.5) is 17.1 Å². The van der Waals surface area contributed by atoms with Crippen LogP contribution in [0.1, 0.15) is 30.0 Å². The average molecular weight is 523 g/mol. The van der Waals surface area contributed by atoms with Crippen molar-refractivity contribution in [3.05, 3.63) is 106 Å². The number of rotatable bonds is 9. The molecular formula is C29H26N6O4. The van der Waals surface area contributed by atoms with Crippen molar-refractivity contribution < 1.29 is 14.5 Å². The number of nitro groups is 1. The van der Waals surface area contributed by atoms with Crippen molar-refractivity contribution in [2.45, 2.75) is 19.8 Å². The van der Waals surface area contributed by atoms with Gasteiger partial charge >= 0.3 is 0 Å². The minimum Gasteiger partial charge on any atom is -0.356 e. The fourth-order valence-corrected chi connectivity index (χ4v) is 4.48. The molecule has 0 spiro atoms. The van der Waals surface area contributed by atoms with Crippen molar-refractivity contribution in [2.75, 3.05) is 17.2 Å². The number of amides is 2. The Morgan fingerprint density at radius 3 is 2.49 bits per heavy atom. The van der Waals surface area contributed by atoms with E-state index in [0.29, 0.717) is 29.1 Å². The van der Waals surface area contributed by atoms with Crippen LogP contribution >= 0.6 is 0 Å². The molecule has 0 fully saturated rings. The third kappa shape index (κ3) is 5.69. The van der Waals surface area contributed by atoms with Gasteiger partial charge in [0.1, 0.15) is 0 Å². The zero-order chi connectivity index (χ0) is 27.4. The molecule has 3 aromatic carbocycles. The second kappa shape index (κ2) is 11.0. The van der Waals surface area contributed by atoms with Gasteiger partial charge in [-0.3, -0.25) is 19.7 Å². The molecule has 39 heavy (non-hydrogen) atoms. The molecule has 0 unspecified atom stereocenters. The highest BCUT2D eigenvalue weighted by Crippen LogP contribution is 2.39. The minimum absolute atomic E-state index is 0.0551. The Morgan fingerprint density at radius 1 is 1.05 bits per heavy atom. The minimum atomic E-state index is -0.475. The fraction of sp³-hybridized carbons (Fsp3) is 0.138. The quantitative estimate of drug-likeness (QED) is 0.106. The highest BCUT2D eigenvalue weighted by molar-refractivity contribution is 6.37. The summed E-state index contributed by atoms with van der Waals surface area (Å²) in [4.78, 5) is 42.5. The molecule has 4 N–H and O–H groups in total. The first-order chi connectivity index (χ1) is 18.9. The highest BCUT2D eigenvalue weighted by Gasteiger charge is 2.30. The zero-order valence-corrected chi connectivity index (χ0v) is 21.2. The maximum Gasteiger partial charge on any atom is 0.270 e. The summed E-state index contributed by atoms with van der Waals surface area (Å²) in [5.74, 6) is -0.402. The third-order valence-corrected chi connectivity index (χ3v) is 6.42. The van der Waals surface area contributed by atoms with Crippen molar-refractivity contribution >= 4 is 40.1 Å². The van der Waals surface area contributed by atoms with Gasteiger partial charge in [0.25, 0.3) is 11.6 Å². The van der Waals surface area contributed by atoms with Crippen LogP contribution < -0.4 is 16.0 Å². The monoisotopic (exact) mass is 522 g/mol. The van der Waals surface area contributed by atoms with Crippen molar-refractivity contribution in [1.29, 1.82) is 0 Å². The summed E-state index contributed by atoms with van der Waals surface area (Å²) in [7, 11) is 0. The molecule has 0 saturated heterocycles. The van der Waals surface area contributed by atoms with Crippen LogP contribution in [-0.4, -0.2) is 33.3 Å². The number of nitrogens with zero attached hydrogens (tertiary/aromatic N) is 2. The molecule has 5 rings (SSSR count). The first-order valence-electron chi connectivity index (χ1n) is 12.4. The lowest BCUT2D eigenvalue weighted by Crippen LogP contribution is -2.21. The molecule has 196 valence electrons. The summed E-state index contributed by atoms with van der Waals surface area (Å²) in [6, 6.07) is 19.8. The third-order valence-electron chi connectivity index (χ3n) is 6.42. The summed E-state index contributed by atoms with van der Waals surface area (Å²) in [6.45, 7) is 2.09. The summed E-state index contributed by atoms with van der Waals surface area (Å²) >= 11 is 0. The molecule has 1 aliphatic heterocycles. The predicted octanol–water partition coefficient (Wildman–Crippen LogP) is 4.99. The highest BCUT2D eigenvalue weighted by atomic mass is 16.6. The van der Waals surface area contributed by atoms with Crippen LogP contribution in [0.25, 0.3) is 22.5 Å². The van der Waals surface area contributed by atoms with E-state index in [1.165, 1.54) is 19.1 Å². The summed E-state index contributed by atoms with van der Waals surface area (Å²) in [6.07, 6.45) is 5.00. The van der Waals surface area contributed by atoms with E-state index >= 15 is 0 Å². The number of fused-ring (bicyclic) bond motifs is 1. The fourth-order valence-electron chi connectivity index (χ4n) is 4.48. The number of carbonyl (C=O) groups excluding carboxylic acids is 2. The lowest BCUT2D eigenvalue weighted by atomic mass is 9.98. The molecule has 1 aromatic heterocycles. The lowest BCUT2D eigenvalue weighted by molar-refractivity contribution is -0.384. The van der Waals surface area contributed by atoms with Crippen LogP contribution in [-0.2, 0) is 16.0 Å². The van der Waals surface area contributed by atoms with Crippen LogP contribution in [0, 0.1) is 10.1 Å². The van der Waals surface area contributed by atoms with Gasteiger partial charge in [-0.2, -0.15) is 0 Å². The molecule has 1 aliphatic rings. The molecule has 10 nitrogen and oxygen atoms in total. The number of carbonyl (C=O) groups is 2. The first-order valence-corrected chi connectivity index (χ1v) is 12.4. The molecule has 0 atom stereocenters. The average Bonchev–Trinajstić information content (AvgIpc) is 3.58. The Bertz CT molecular complexity index is 1560. The van der Waals surface area contributed by atoms with E-state index in [1.54, 1.807) is 18.6 Å². The number of benzene rings is 3. The molecule has 0 saturated carbocycles. The maximum atomic E-state index is 13.2. The largest absolute Gasteiger partial charge is 0.356 e. The van der Waals surface area contributed by atoms with Crippen molar-refractivity contribution in [3.8, 4) is 11.3 Å². The van der Waals surface area contributed by atoms with E-state index < -0.39 is 4.92 Å². The first kappa shape index (κ1) is 25.4. The van der Waals surface area contributed by atoms with Gasteiger partial charge in [0.05, 0.1) is 28.2 Å². The Morgan fingerprint density at radius 2 is 1.82 bits per heavy atom. The van der Waals surface area contributed by atoms with Gasteiger partial charge in [0.2, 0.25) is 5.91 Å². The second-order valence-corrected chi connectivity index (χ2v) is 9.13. The number of imidazole rings is 1. The number of nitrogens with one attached hydrogen (secondary N) is 4. The molecule has 0 aliphatic carbocycles. The van der Waals surface area contributed by atoms with Crippen molar-refractivity contribution in [3.63, 3.8) is 0 Å². The molecule has 2 amide bonds. The van der Waals surface area contributed by atoms with E-state index in [9.17, 15) is 19.7 Å². The van der Waals surface area contributed by atoms with Crippen LogP contribution in [0.15, 0.2) is 79.3 Å². The van der Waals surface area contributed by atoms with Gasteiger partial charge in [-0.1, -0.05) is 36.4 Å². The van der Waals surface area contributed by atoms with Gasteiger partial charge < -0.3 is 20.9 Å². The van der Waals surface area contributed by atoms with E-state index in [-0.39, 0.29) is 17.5 Å². The molecular weight excluding hydrogens is 496 g/mol.